The molecule has 3 rings (SSSR count). The van der Waals surface area contributed by atoms with Gasteiger partial charge in [-0.15, -0.1) is 0 Å². The Morgan fingerprint density at radius 2 is 2.07 bits per heavy atom. The van der Waals surface area contributed by atoms with Gasteiger partial charge in [-0.1, -0.05) is 42.5 Å². The molecule has 78 valence electrons. The van der Waals surface area contributed by atoms with Crippen molar-refractivity contribution in [2.75, 3.05) is 0 Å². The molecule has 1 aromatic carbocycles. The normalized spacial score (nSPS) is 34.4. The third-order valence-electron chi connectivity index (χ3n) is 3.61. The molecule has 1 heteroatoms. The van der Waals surface area contributed by atoms with E-state index in [1.54, 1.807) is 0 Å². The number of benzene rings is 1. The second kappa shape index (κ2) is 3.21. The van der Waals surface area contributed by atoms with Crippen LogP contribution in [0.4, 0.5) is 0 Å². The Morgan fingerprint density at radius 1 is 1.27 bits per heavy atom. The Kier molecular flexibility index (Phi) is 1.96. The molecule has 1 aromatic rings. The van der Waals surface area contributed by atoms with Crippen molar-refractivity contribution in [2.24, 2.45) is 0 Å². The molecule has 15 heavy (non-hydrogen) atoms. The minimum atomic E-state index is -0.0404. The number of ether oxygens (including phenoxy) is 1. The van der Waals surface area contributed by atoms with Crippen molar-refractivity contribution in [2.45, 2.75) is 37.4 Å². The lowest BCUT2D eigenvalue weighted by Gasteiger charge is -2.35. The second-order valence-electron chi connectivity index (χ2n) is 4.77. The highest BCUT2D eigenvalue weighted by Gasteiger charge is 2.45. The maximum atomic E-state index is 6.18. The summed E-state index contributed by atoms with van der Waals surface area (Å²) in [6.45, 7) is 4.15. The molecule has 2 aliphatic heterocycles. The average Bonchev–Trinajstić information content (AvgIpc) is 2.57. The highest BCUT2D eigenvalue weighted by molar-refractivity contribution is 5.28. The first-order chi connectivity index (χ1) is 7.28. The lowest BCUT2D eigenvalue weighted by Crippen LogP contribution is -2.31. The summed E-state index contributed by atoms with van der Waals surface area (Å²) >= 11 is 0. The van der Waals surface area contributed by atoms with Crippen LogP contribution in [0.3, 0.4) is 0 Å². The highest BCUT2D eigenvalue weighted by Crippen LogP contribution is 2.49. The fourth-order valence-electron chi connectivity index (χ4n) is 2.96. The van der Waals surface area contributed by atoms with Crippen LogP contribution < -0.4 is 0 Å². The fraction of sp³-hybridized carbons (Fsp3) is 0.429. The summed E-state index contributed by atoms with van der Waals surface area (Å²) in [5.74, 6) is 0. The van der Waals surface area contributed by atoms with E-state index in [1.807, 2.05) is 0 Å². The summed E-state index contributed by atoms with van der Waals surface area (Å²) in [5.41, 5.74) is 2.64. The second-order valence-corrected chi connectivity index (χ2v) is 4.77. The molecule has 0 N–H and O–H groups in total. The van der Waals surface area contributed by atoms with Gasteiger partial charge >= 0.3 is 0 Å². The minimum Gasteiger partial charge on any atom is -0.366 e. The van der Waals surface area contributed by atoms with Gasteiger partial charge in [0.2, 0.25) is 0 Å². The monoisotopic (exact) mass is 200 g/mol. The van der Waals surface area contributed by atoms with Crippen LogP contribution in [0.5, 0.6) is 0 Å². The number of rotatable bonds is 1. The maximum Gasteiger partial charge on any atom is 0.0972 e. The van der Waals surface area contributed by atoms with Gasteiger partial charge in [-0.2, -0.15) is 0 Å². The molecular weight excluding hydrogens is 184 g/mol. The Hall–Kier alpha value is -1.08. The minimum absolute atomic E-state index is 0.0404. The van der Waals surface area contributed by atoms with E-state index in [9.17, 15) is 0 Å². The van der Waals surface area contributed by atoms with E-state index >= 15 is 0 Å². The topological polar surface area (TPSA) is 9.23 Å². The Labute approximate surface area is 90.8 Å². The first-order valence-corrected chi connectivity index (χ1v) is 5.68. The molecule has 2 bridgehead atoms. The van der Waals surface area contributed by atoms with Crippen molar-refractivity contribution in [3.8, 4) is 0 Å². The maximum absolute atomic E-state index is 6.18. The fourth-order valence-corrected chi connectivity index (χ4v) is 2.96. The van der Waals surface area contributed by atoms with E-state index in [2.05, 4.69) is 36.9 Å². The standard InChI is InChI=1S/C14H16O/c1-11-9-13-7-8-14(10-11,15-13)12-5-3-2-4-6-12/h2-6,13H,1,7-10H2/t13-,14+/m1/s1. The highest BCUT2D eigenvalue weighted by atomic mass is 16.5. The van der Waals surface area contributed by atoms with Crippen LogP contribution in [-0.2, 0) is 10.3 Å². The Morgan fingerprint density at radius 3 is 2.87 bits per heavy atom. The molecule has 1 nitrogen and oxygen atoms in total. The van der Waals surface area contributed by atoms with Gasteiger partial charge in [0, 0.05) is 6.42 Å². The average molecular weight is 200 g/mol. The van der Waals surface area contributed by atoms with Crippen LogP contribution in [0.25, 0.3) is 0 Å². The van der Waals surface area contributed by atoms with Crippen LogP contribution in [0.15, 0.2) is 42.5 Å². The third kappa shape index (κ3) is 1.42. The molecule has 0 aromatic heterocycles. The van der Waals surface area contributed by atoms with E-state index in [0.29, 0.717) is 6.10 Å². The van der Waals surface area contributed by atoms with Crippen molar-refractivity contribution >= 4 is 0 Å². The van der Waals surface area contributed by atoms with E-state index in [0.717, 1.165) is 19.3 Å². The summed E-state index contributed by atoms with van der Waals surface area (Å²) in [7, 11) is 0. The first kappa shape index (κ1) is 9.17. The molecule has 2 aliphatic rings. The summed E-state index contributed by atoms with van der Waals surface area (Å²) in [4.78, 5) is 0. The largest absolute Gasteiger partial charge is 0.366 e. The SMILES string of the molecule is C=C1C[C@H]2CC[C@@](c3ccccc3)(C1)O2. The molecule has 0 saturated carbocycles. The van der Waals surface area contributed by atoms with E-state index in [-0.39, 0.29) is 5.60 Å². The molecule has 0 aliphatic carbocycles. The molecule has 0 radical (unpaired) electrons. The smallest absolute Gasteiger partial charge is 0.0972 e. The third-order valence-corrected chi connectivity index (χ3v) is 3.61. The van der Waals surface area contributed by atoms with E-state index in [1.165, 1.54) is 17.6 Å². The molecule has 2 atom stereocenters. The molecule has 2 heterocycles. The quantitative estimate of drug-likeness (QED) is 0.631. The lowest BCUT2D eigenvalue weighted by atomic mass is 9.85. The number of hydrogen-bond donors (Lipinski definition) is 0. The van der Waals surface area contributed by atoms with Gasteiger partial charge in [-0.05, 0) is 24.8 Å². The predicted octanol–water partition coefficient (Wildman–Crippen LogP) is 3.41. The zero-order valence-corrected chi connectivity index (χ0v) is 8.91. The van der Waals surface area contributed by atoms with Gasteiger partial charge in [0.25, 0.3) is 0 Å². The van der Waals surface area contributed by atoms with Crippen molar-refractivity contribution in [3.63, 3.8) is 0 Å². The van der Waals surface area contributed by atoms with Crippen LogP contribution in [0.2, 0.25) is 0 Å². The van der Waals surface area contributed by atoms with Crippen LogP contribution >= 0.6 is 0 Å². The van der Waals surface area contributed by atoms with Gasteiger partial charge < -0.3 is 4.74 Å². The zero-order chi connectivity index (χ0) is 10.3. The Balaban J connectivity index is 2.00. The molecular formula is C14H16O. The van der Waals surface area contributed by atoms with Gasteiger partial charge in [0.1, 0.15) is 0 Å². The summed E-state index contributed by atoms with van der Waals surface area (Å²) in [6, 6.07) is 10.6. The number of hydrogen-bond acceptors (Lipinski definition) is 1. The molecule has 2 saturated heterocycles. The van der Waals surface area contributed by atoms with Crippen LogP contribution in [0.1, 0.15) is 31.2 Å². The van der Waals surface area contributed by atoms with Gasteiger partial charge in [0.05, 0.1) is 11.7 Å². The zero-order valence-electron chi connectivity index (χ0n) is 8.91. The number of fused-ring (bicyclic) bond motifs is 2. The summed E-state index contributed by atoms with van der Waals surface area (Å²) < 4.78 is 6.18. The van der Waals surface area contributed by atoms with Gasteiger partial charge in [-0.25, -0.2) is 0 Å². The van der Waals surface area contributed by atoms with Crippen LogP contribution in [0, 0.1) is 0 Å². The molecule has 0 amide bonds. The Bertz CT molecular complexity index is 382. The van der Waals surface area contributed by atoms with Gasteiger partial charge in [0.15, 0.2) is 0 Å². The first-order valence-electron chi connectivity index (χ1n) is 5.68. The van der Waals surface area contributed by atoms with E-state index in [4.69, 9.17) is 4.74 Å². The van der Waals surface area contributed by atoms with Gasteiger partial charge in [-0.3, -0.25) is 0 Å². The van der Waals surface area contributed by atoms with Crippen molar-refractivity contribution in [1.29, 1.82) is 0 Å². The molecule has 2 fully saturated rings. The molecule has 0 spiro atoms. The van der Waals surface area contributed by atoms with Crippen molar-refractivity contribution in [3.05, 3.63) is 48.0 Å². The van der Waals surface area contributed by atoms with Crippen molar-refractivity contribution < 1.29 is 4.74 Å². The lowest BCUT2D eigenvalue weighted by molar-refractivity contribution is -0.0635. The van der Waals surface area contributed by atoms with E-state index < -0.39 is 0 Å². The van der Waals surface area contributed by atoms with Crippen molar-refractivity contribution in [1.82, 2.24) is 0 Å². The summed E-state index contributed by atoms with van der Waals surface area (Å²) in [6.07, 6.45) is 4.84. The van der Waals surface area contributed by atoms with Crippen LogP contribution in [-0.4, -0.2) is 6.10 Å². The summed E-state index contributed by atoms with van der Waals surface area (Å²) in [5, 5.41) is 0. The molecule has 0 unspecified atom stereocenters. The predicted molar refractivity (Wildman–Crippen MR) is 60.6 cm³/mol.